The molecule has 3 nitrogen and oxygen atoms in total. The highest BCUT2D eigenvalue weighted by atomic mass is 79.9. The van der Waals surface area contributed by atoms with Crippen molar-refractivity contribution in [3.8, 4) is 0 Å². The van der Waals surface area contributed by atoms with Crippen LogP contribution in [0.1, 0.15) is 31.2 Å². The first-order chi connectivity index (χ1) is 10.8. The van der Waals surface area contributed by atoms with E-state index >= 15 is 0 Å². The second-order valence-electron chi connectivity index (χ2n) is 6.29. The monoisotopic (exact) mass is 403 g/mol. The Morgan fingerprint density at radius 3 is 2.74 bits per heavy atom. The average molecular weight is 405 g/mol. The fourth-order valence-electron chi connectivity index (χ4n) is 3.62. The summed E-state index contributed by atoms with van der Waals surface area (Å²) in [5, 5.41) is 0. The fraction of sp³-hybridized carbons (Fsp3) is 0.667. The van der Waals surface area contributed by atoms with Crippen LogP contribution in [0.25, 0.3) is 0 Å². The fourth-order valence-corrected chi connectivity index (χ4v) is 4.07. The smallest absolute Gasteiger partial charge is 0.0730 e. The summed E-state index contributed by atoms with van der Waals surface area (Å²) in [6, 6.07) is 9.12. The Hall–Kier alpha value is -0.130. The molecule has 130 valence electrons. The summed E-state index contributed by atoms with van der Waals surface area (Å²) >= 11 is 3.53. The van der Waals surface area contributed by atoms with Crippen molar-refractivity contribution in [1.29, 1.82) is 0 Å². The molecule has 23 heavy (non-hydrogen) atoms. The molecule has 0 unspecified atom stereocenters. The molecule has 5 heteroatoms. The van der Waals surface area contributed by atoms with Gasteiger partial charge in [-0.05, 0) is 37.0 Å². The van der Waals surface area contributed by atoms with E-state index in [1.54, 1.807) is 0 Å². The highest BCUT2D eigenvalue weighted by Gasteiger charge is 2.31. The molecule has 3 rings (SSSR count). The zero-order valence-electron chi connectivity index (χ0n) is 13.6. The number of nitrogens with zero attached hydrogens (tertiary/aromatic N) is 1. The van der Waals surface area contributed by atoms with Crippen LogP contribution in [0.3, 0.4) is 0 Å². The van der Waals surface area contributed by atoms with Gasteiger partial charge in [0.1, 0.15) is 0 Å². The number of halogens is 2. The molecule has 1 aromatic rings. The van der Waals surface area contributed by atoms with Crippen molar-refractivity contribution in [2.45, 2.75) is 44.2 Å². The lowest BCUT2D eigenvalue weighted by Crippen LogP contribution is -2.51. The Bertz CT molecular complexity index is 468. The van der Waals surface area contributed by atoms with Crippen LogP contribution in [-0.4, -0.2) is 50.0 Å². The van der Waals surface area contributed by atoms with E-state index in [-0.39, 0.29) is 12.4 Å². The Kier molecular flexibility index (Phi) is 8.34. The number of benzene rings is 1. The first-order valence-corrected chi connectivity index (χ1v) is 9.30. The van der Waals surface area contributed by atoms with Crippen LogP contribution < -0.4 is 0 Å². The van der Waals surface area contributed by atoms with Crippen molar-refractivity contribution in [2.75, 3.05) is 32.9 Å². The number of rotatable bonds is 5. The van der Waals surface area contributed by atoms with Gasteiger partial charge in [-0.15, -0.1) is 12.4 Å². The van der Waals surface area contributed by atoms with Gasteiger partial charge in [0.15, 0.2) is 0 Å². The summed E-state index contributed by atoms with van der Waals surface area (Å²) in [6.45, 7) is 4.71. The molecule has 2 atom stereocenters. The second kappa shape index (κ2) is 10.00. The molecule has 1 aliphatic heterocycles. The largest absolute Gasteiger partial charge is 0.379 e. The minimum Gasteiger partial charge on any atom is -0.379 e. The molecule has 2 fully saturated rings. The van der Waals surface area contributed by atoms with E-state index in [1.807, 2.05) is 0 Å². The Labute approximate surface area is 154 Å². The maximum atomic E-state index is 6.29. The normalized spacial score (nSPS) is 25.8. The molecule has 0 spiro atoms. The van der Waals surface area contributed by atoms with E-state index in [0.29, 0.717) is 12.1 Å². The summed E-state index contributed by atoms with van der Waals surface area (Å²) in [6.07, 6.45) is 6.53. The SMILES string of the molecule is Brc1cccc(CCO[C@@H]2CCCC[C@H]2N2CCOCC2)c1.Cl. The van der Waals surface area contributed by atoms with Crippen molar-refractivity contribution in [3.05, 3.63) is 34.3 Å². The third-order valence-corrected chi connectivity index (χ3v) is 5.29. The Morgan fingerprint density at radius 2 is 1.96 bits per heavy atom. The molecule has 0 aromatic heterocycles. The average Bonchev–Trinajstić information content (AvgIpc) is 2.56. The summed E-state index contributed by atoms with van der Waals surface area (Å²) in [5.41, 5.74) is 1.34. The number of hydrogen-bond donors (Lipinski definition) is 0. The van der Waals surface area contributed by atoms with E-state index < -0.39 is 0 Å². The summed E-state index contributed by atoms with van der Waals surface area (Å²) in [5.74, 6) is 0. The van der Waals surface area contributed by atoms with Gasteiger partial charge in [0, 0.05) is 23.6 Å². The number of morpholine rings is 1. The molecule has 1 heterocycles. The molecule has 0 N–H and O–H groups in total. The molecular formula is C18H27BrClNO2. The van der Waals surface area contributed by atoms with Gasteiger partial charge in [0.05, 0.1) is 25.9 Å². The van der Waals surface area contributed by atoms with Crippen LogP contribution in [-0.2, 0) is 15.9 Å². The van der Waals surface area contributed by atoms with Crippen LogP contribution in [0.4, 0.5) is 0 Å². The van der Waals surface area contributed by atoms with Crippen molar-refractivity contribution in [1.82, 2.24) is 4.90 Å². The van der Waals surface area contributed by atoms with E-state index in [4.69, 9.17) is 9.47 Å². The summed E-state index contributed by atoms with van der Waals surface area (Å²) < 4.78 is 12.9. The van der Waals surface area contributed by atoms with Crippen molar-refractivity contribution in [2.24, 2.45) is 0 Å². The van der Waals surface area contributed by atoms with E-state index in [9.17, 15) is 0 Å². The summed E-state index contributed by atoms with van der Waals surface area (Å²) in [7, 11) is 0. The lowest BCUT2D eigenvalue weighted by Gasteiger charge is -2.41. The third kappa shape index (κ3) is 5.71. The Morgan fingerprint density at radius 1 is 1.17 bits per heavy atom. The Balaban J connectivity index is 0.00000192. The predicted octanol–water partition coefficient (Wildman–Crippen LogP) is 4.07. The van der Waals surface area contributed by atoms with Gasteiger partial charge < -0.3 is 9.47 Å². The van der Waals surface area contributed by atoms with Gasteiger partial charge in [0.2, 0.25) is 0 Å². The minimum atomic E-state index is 0. The third-order valence-electron chi connectivity index (χ3n) is 4.79. The van der Waals surface area contributed by atoms with Gasteiger partial charge in [-0.1, -0.05) is 40.9 Å². The van der Waals surface area contributed by atoms with E-state index in [1.165, 1.54) is 31.2 Å². The summed E-state index contributed by atoms with van der Waals surface area (Å²) in [4.78, 5) is 2.59. The predicted molar refractivity (Wildman–Crippen MR) is 99.5 cm³/mol. The van der Waals surface area contributed by atoms with Crippen LogP contribution in [0.2, 0.25) is 0 Å². The topological polar surface area (TPSA) is 21.7 Å². The highest BCUT2D eigenvalue weighted by Crippen LogP contribution is 2.26. The minimum absolute atomic E-state index is 0. The van der Waals surface area contributed by atoms with Crippen molar-refractivity contribution >= 4 is 28.3 Å². The maximum Gasteiger partial charge on any atom is 0.0730 e. The van der Waals surface area contributed by atoms with Crippen molar-refractivity contribution < 1.29 is 9.47 Å². The first-order valence-electron chi connectivity index (χ1n) is 8.51. The molecule has 2 aliphatic rings. The van der Waals surface area contributed by atoms with Gasteiger partial charge in [0.25, 0.3) is 0 Å². The number of ether oxygens (including phenoxy) is 2. The van der Waals surface area contributed by atoms with Crippen LogP contribution in [0.15, 0.2) is 28.7 Å². The second-order valence-corrected chi connectivity index (χ2v) is 7.20. The molecule has 1 aliphatic carbocycles. The molecule has 0 amide bonds. The zero-order valence-corrected chi connectivity index (χ0v) is 16.0. The molecular weight excluding hydrogens is 378 g/mol. The molecule has 0 bridgehead atoms. The van der Waals surface area contributed by atoms with Crippen LogP contribution in [0.5, 0.6) is 0 Å². The van der Waals surface area contributed by atoms with Gasteiger partial charge in [-0.25, -0.2) is 0 Å². The lowest BCUT2D eigenvalue weighted by atomic mass is 9.91. The van der Waals surface area contributed by atoms with Gasteiger partial charge in [-0.3, -0.25) is 4.90 Å². The maximum absolute atomic E-state index is 6.29. The van der Waals surface area contributed by atoms with E-state index in [0.717, 1.165) is 43.8 Å². The zero-order chi connectivity index (χ0) is 15.2. The van der Waals surface area contributed by atoms with Crippen LogP contribution in [0, 0.1) is 0 Å². The molecule has 1 aromatic carbocycles. The quantitative estimate of drug-likeness (QED) is 0.738. The van der Waals surface area contributed by atoms with Crippen LogP contribution >= 0.6 is 28.3 Å². The molecule has 1 saturated heterocycles. The van der Waals surface area contributed by atoms with Crippen molar-refractivity contribution in [3.63, 3.8) is 0 Å². The molecule has 0 radical (unpaired) electrons. The standard InChI is InChI=1S/C18H26BrNO2.ClH/c19-16-5-3-4-15(14-16)8-11-22-18-7-2-1-6-17(18)20-9-12-21-13-10-20;/h3-5,14,17-18H,1-2,6-13H2;1H/t17-,18-;/m1./s1. The highest BCUT2D eigenvalue weighted by molar-refractivity contribution is 9.10. The first kappa shape index (κ1) is 19.2. The van der Waals surface area contributed by atoms with E-state index in [2.05, 4.69) is 45.1 Å². The molecule has 1 saturated carbocycles. The van der Waals surface area contributed by atoms with Gasteiger partial charge in [-0.2, -0.15) is 0 Å². The van der Waals surface area contributed by atoms with Gasteiger partial charge >= 0.3 is 0 Å². The lowest BCUT2D eigenvalue weighted by molar-refractivity contribution is -0.0647. The number of hydrogen-bond acceptors (Lipinski definition) is 3.